The van der Waals surface area contributed by atoms with E-state index in [9.17, 15) is 4.79 Å². The molecule has 24 heavy (non-hydrogen) atoms. The van der Waals surface area contributed by atoms with E-state index in [1.165, 1.54) is 5.56 Å². The van der Waals surface area contributed by atoms with E-state index in [1.54, 1.807) is 11.2 Å². The van der Waals surface area contributed by atoms with Crippen LogP contribution in [0, 0.1) is 0 Å². The van der Waals surface area contributed by atoms with Crippen LogP contribution in [0.2, 0.25) is 0 Å². The number of nitrogens with one attached hydrogen (secondary N) is 2. The summed E-state index contributed by atoms with van der Waals surface area (Å²) in [6.45, 7) is 3.79. The van der Waals surface area contributed by atoms with E-state index in [2.05, 4.69) is 27.4 Å². The lowest BCUT2D eigenvalue weighted by Crippen LogP contribution is -2.29. The predicted molar refractivity (Wildman–Crippen MR) is 87.0 cm³/mol. The topological polar surface area (TPSA) is 79.5 Å². The van der Waals surface area contributed by atoms with Crippen LogP contribution in [0.1, 0.15) is 22.9 Å². The van der Waals surface area contributed by atoms with Crippen molar-refractivity contribution in [1.29, 1.82) is 0 Å². The Morgan fingerprint density at radius 3 is 3.25 bits per heavy atom. The zero-order valence-corrected chi connectivity index (χ0v) is 13.3. The summed E-state index contributed by atoms with van der Waals surface area (Å²) in [5.74, 6) is 1.03. The average Bonchev–Trinajstić information content (AvgIpc) is 3.24. The molecule has 2 aromatic rings. The summed E-state index contributed by atoms with van der Waals surface area (Å²) in [6, 6.07) is 8.09. The number of cyclic esters (lactones) is 1. The lowest BCUT2D eigenvalue weighted by Gasteiger charge is -2.23. The van der Waals surface area contributed by atoms with Gasteiger partial charge in [-0.3, -0.25) is 0 Å². The lowest BCUT2D eigenvalue weighted by molar-refractivity contribution is 0.153. The highest BCUT2D eigenvalue weighted by molar-refractivity contribution is 5.69. The molecular formula is C17H20N4O3. The summed E-state index contributed by atoms with van der Waals surface area (Å²) < 4.78 is 10.7. The van der Waals surface area contributed by atoms with Crippen LogP contribution in [0.5, 0.6) is 5.75 Å². The molecule has 2 N–H and O–H groups in total. The van der Waals surface area contributed by atoms with Gasteiger partial charge < -0.3 is 24.7 Å². The molecule has 0 saturated carbocycles. The van der Waals surface area contributed by atoms with Crippen LogP contribution in [0.3, 0.4) is 0 Å². The molecule has 0 radical (unpaired) electrons. The Labute approximate surface area is 140 Å². The van der Waals surface area contributed by atoms with Gasteiger partial charge in [0.2, 0.25) is 0 Å². The largest absolute Gasteiger partial charge is 0.492 e. The van der Waals surface area contributed by atoms with E-state index in [4.69, 9.17) is 9.47 Å². The molecule has 1 aromatic carbocycles. The Morgan fingerprint density at radius 2 is 2.38 bits per heavy atom. The Bertz CT molecular complexity index is 730. The van der Waals surface area contributed by atoms with Crippen molar-refractivity contribution >= 4 is 6.09 Å². The molecule has 7 nitrogen and oxygen atoms in total. The van der Waals surface area contributed by atoms with Gasteiger partial charge >= 0.3 is 6.09 Å². The number of carbonyl (C=O) groups is 1. The highest BCUT2D eigenvalue weighted by Crippen LogP contribution is 2.29. The van der Waals surface area contributed by atoms with E-state index in [0.717, 1.165) is 30.2 Å². The minimum Gasteiger partial charge on any atom is -0.492 e. The van der Waals surface area contributed by atoms with E-state index < -0.39 is 0 Å². The number of carbonyl (C=O) groups excluding carboxylic acids is 1. The molecule has 3 heterocycles. The molecule has 126 valence electrons. The van der Waals surface area contributed by atoms with Crippen molar-refractivity contribution in [2.24, 2.45) is 0 Å². The van der Waals surface area contributed by atoms with Crippen molar-refractivity contribution in [3.8, 4) is 5.75 Å². The molecule has 1 amide bonds. The standard InChI is InChI=1S/C17H20N4O3/c22-17-21(5-7-24-17)4-6-23-13-3-1-2-12(8-13)14-9-18-10-15-16(14)20-11-19-15/h1-3,8,11,14,18H,4-7,9-10H2,(H,19,20). The summed E-state index contributed by atoms with van der Waals surface area (Å²) in [4.78, 5) is 20.7. The molecule has 0 spiro atoms. The highest BCUT2D eigenvalue weighted by Gasteiger charge is 2.24. The fourth-order valence-electron chi connectivity index (χ4n) is 3.21. The number of H-pyrrole nitrogens is 1. The van der Waals surface area contributed by atoms with Gasteiger partial charge in [0.05, 0.1) is 30.8 Å². The Kier molecular flexibility index (Phi) is 4.08. The number of fused-ring (bicyclic) bond motifs is 1. The van der Waals surface area contributed by atoms with Crippen molar-refractivity contribution in [2.75, 3.05) is 32.8 Å². The second kappa shape index (κ2) is 6.52. The van der Waals surface area contributed by atoms with Gasteiger partial charge in [-0.15, -0.1) is 0 Å². The molecule has 1 saturated heterocycles. The first-order valence-electron chi connectivity index (χ1n) is 8.18. The van der Waals surface area contributed by atoms with Crippen LogP contribution in [0.15, 0.2) is 30.6 Å². The van der Waals surface area contributed by atoms with Crippen LogP contribution >= 0.6 is 0 Å². The monoisotopic (exact) mass is 328 g/mol. The molecule has 1 aromatic heterocycles. The van der Waals surface area contributed by atoms with Crippen LogP contribution in [-0.2, 0) is 11.3 Å². The van der Waals surface area contributed by atoms with Gasteiger partial charge in [0.1, 0.15) is 19.0 Å². The van der Waals surface area contributed by atoms with Crippen molar-refractivity contribution in [3.63, 3.8) is 0 Å². The zero-order valence-electron chi connectivity index (χ0n) is 13.3. The normalized spacial score (nSPS) is 19.9. The van der Waals surface area contributed by atoms with Gasteiger partial charge in [0.25, 0.3) is 0 Å². The molecule has 2 aliphatic rings. The number of hydrogen-bond donors (Lipinski definition) is 2. The molecule has 0 bridgehead atoms. The maximum absolute atomic E-state index is 11.4. The number of ether oxygens (including phenoxy) is 2. The number of hydrogen-bond acceptors (Lipinski definition) is 5. The molecule has 1 unspecified atom stereocenters. The van der Waals surface area contributed by atoms with Gasteiger partial charge in [-0.25, -0.2) is 9.78 Å². The van der Waals surface area contributed by atoms with Gasteiger partial charge in [0, 0.05) is 19.0 Å². The third-order valence-corrected chi connectivity index (χ3v) is 4.47. The van der Waals surface area contributed by atoms with Gasteiger partial charge in [-0.05, 0) is 17.7 Å². The second-order valence-electron chi connectivity index (χ2n) is 5.97. The van der Waals surface area contributed by atoms with Gasteiger partial charge in [0.15, 0.2) is 0 Å². The van der Waals surface area contributed by atoms with Gasteiger partial charge in [-0.2, -0.15) is 0 Å². The van der Waals surface area contributed by atoms with E-state index in [-0.39, 0.29) is 12.0 Å². The molecule has 1 atom stereocenters. The Hall–Kier alpha value is -2.54. The van der Waals surface area contributed by atoms with E-state index >= 15 is 0 Å². The molecule has 0 aliphatic carbocycles. The number of benzene rings is 1. The van der Waals surface area contributed by atoms with Crippen molar-refractivity contribution in [3.05, 3.63) is 47.5 Å². The summed E-state index contributed by atoms with van der Waals surface area (Å²) in [5, 5.41) is 3.41. The first-order chi connectivity index (χ1) is 11.8. The Balaban J connectivity index is 1.42. The first kappa shape index (κ1) is 15.0. The SMILES string of the molecule is O=C1OCCN1CCOc1cccc(C2CNCc3[nH]cnc32)c1. The van der Waals surface area contributed by atoms with Crippen LogP contribution < -0.4 is 10.1 Å². The number of aromatic amines is 1. The number of nitrogens with zero attached hydrogens (tertiary/aromatic N) is 2. The summed E-state index contributed by atoms with van der Waals surface area (Å²) in [6.07, 6.45) is 1.49. The summed E-state index contributed by atoms with van der Waals surface area (Å²) in [5.41, 5.74) is 3.42. The van der Waals surface area contributed by atoms with Crippen molar-refractivity contribution in [1.82, 2.24) is 20.2 Å². The fraction of sp³-hybridized carbons (Fsp3) is 0.412. The van der Waals surface area contributed by atoms with E-state index in [0.29, 0.717) is 26.3 Å². The number of imidazole rings is 1. The van der Waals surface area contributed by atoms with Crippen LogP contribution in [-0.4, -0.2) is 53.8 Å². The molecule has 2 aliphatic heterocycles. The maximum Gasteiger partial charge on any atom is 0.410 e. The first-order valence-corrected chi connectivity index (χ1v) is 8.18. The third-order valence-electron chi connectivity index (χ3n) is 4.47. The van der Waals surface area contributed by atoms with Gasteiger partial charge in [-0.1, -0.05) is 12.1 Å². The average molecular weight is 328 g/mol. The summed E-state index contributed by atoms with van der Waals surface area (Å²) >= 11 is 0. The fourth-order valence-corrected chi connectivity index (χ4v) is 3.21. The Morgan fingerprint density at radius 1 is 1.42 bits per heavy atom. The molecule has 7 heteroatoms. The minimum atomic E-state index is -0.258. The third kappa shape index (κ3) is 2.94. The van der Waals surface area contributed by atoms with Crippen LogP contribution in [0.4, 0.5) is 4.79 Å². The smallest absolute Gasteiger partial charge is 0.410 e. The number of rotatable bonds is 5. The van der Waals surface area contributed by atoms with E-state index in [1.807, 2.05) is 12.1 Å². The lowest BCUT2D eigenvalue weighted by atomic mass is 9.92. The molecular weight excluding hydrogens is 308 g/mol. The highest BCUT2D eigenvalue weighted by atomic mass is 16.6. The second-order valence-corrected chi connectivity index (χ2v) is 5.97. The number of aromatic nitrogens is 2. The molecule has 4 rings (SSSR count). The maximum atomic E-state index is 11.4. The van der Waals surface area contributed by atoms with Crippen molar-refractivity contribution in [2.45, 2.75) is 12.5 Å². The molecule has 1 fully saturated rings. The van der Waals surface area contributed by atoms with Crippen LogP contribution in [0.25, 0.3) is 0 Å². The minimum absolute atomic E-state index is 0.220. The quantitative estimate of drug-likeness (QED) is 0.869. The summed E-state index contributed by atoms with van der Waals surface area (Å²) in [7, 11) is 0. The predicted octanol–water partition coefficient (Wildman–Crippen LogP) is 1.48. The van der Waals surface area contributed by atoms with Crippen molar-refractivity contribution < 1.29 is 14.3 Å². The zero-order chi connectivity index (χ0) is 16.4. The number of amides is 1.